The van der Waals surface area contributed by atoms with Crippen molar-refractivity contribution in [2.24, 2.45) is 0 Å². The van der Waals surface area contributed by atoms with E-state index in [0.29, 0.717) is 5.56 Å². The maximum Gasteiger partial charge on any atom is 0.252 e. The van der Waals surface area contributed by atoms with Crippen molar-refractivity contribution in [3.05, 3.63) is 54.6 Å². The van der Waals surface area contributed by atoms with Gasteiger partial charge in [-0.25, -0.2) is 0 Å². The van der Waals surface area contributed by atoms with Gasteiger partial charge in [-0.05, 0) is 23.8 Å². The van der Waals surface area contributed by atoms with Crippen LogP contribution in [0.4, 0.5) is 0 Å². The summed E-state index contributed by atoms with van der Waals surface area (Å²) in [7, 11) is 0. The van der Waals surface area contributed by atoms with Crippen LogP contribution >= 0.6 is 0 Å². The first-order chi connectivity index (χ1) is 7.33. The largest absolute Gasteiger partial charge is 0.348 e. The third-order valence-corrected chi connectivity index (χ3v) is 2.31. The van der Waals surface area contributed by atoms with E-state index in [1.165, 1.54) is 0 Å². The average molecular weight is 198 g/mol. The monoisotopic (exact) mass is 198 g/mol. The maximum atomic E-state index is 11.7. The van der Waals surface area contributed by atoms with E-state index < -0.39 is 0 Å². The lowest BCUT2D eigenvalue weighted by Gasteiger charge is -2.05. The lowest BCUT2D eigenvalue weighted by atomic mass is 10.0. The third kappa shape index (κ3) is 1.84. The molecule has 1 amide bonds. The highest BCUT2D eigenvalue weighted by Gasteiger charge is 2.07. The Morgan fingerprint density at radius 3 is 2.67 bits per heavy atom. The van der Waals surface area contributed by atoms with Crippen LogP contribution in [-0.2, 0) is 0 Å². The number of hydrogen-bond acceptors (Lipinski definition) is 1. The number of rotatable bonds is 2. The van der Waals surface area contributed by atoms with Gasteiger partial charge in [0.15, 0.2) is 0 Å². The van der Waals surface area contributed by atoms with Gasteiger partial charge in [-0.2, -0.15) is 0 Å². The molecule has 2 heteroatoms. The van der Waals surface area contributed by atoms with Crippen LogP contribution in [0, 0.1) is 6.54 Å². The van der Waals surface area contributed by atoms with Gasteiger partial charge in [0, 0.05) is 12.1 Å². The number of fused-ring (bicyclic) bond motifs is 1. The molecule has 15 heavy (non-hydrogen) atoms. The number of nitrogens with one attached hydrogen (secondary N) is 1. The molecule has 0 aliphatic rings. The van der Waals surface area contributed by atoms with Gasteiger partial charge in [-0.15, -0.1) is 0 Å². The predicted octanol–water partition coefficient (Wildman–Crippen LogP) is 2.75. The number of benzene rings is 2. The Hall–Kier alpha value is -1.83. The molecule has 75 valence electrons. The quantitative estimate of drug-likeness (QED) is 0.789. The van der Waals surface area contributed by atoms with Crippen molar-refractivity contribution in [1.29, 1.82) is 0 Å². The number of hydrogen-bond donors (Lipinski definition) is 1. The molecule has 0 spiro atoms. The zero-order valence-electron chi connectivity index (χ0n) is 8.53. The summed E-state index contributed by atoms with van der Waals surface area (Å²) in [5.74, 6) is -0.0608. The highest BCUT2D eigenvalue weighted by atomic mass is 16.1. The first-order valence-corrected chi connectivity index (χ1v) is 4.89. The van der Waals surface area contributed by atoms with Crippen LogP contribution in [0.2, 0.25) is 0 Å². The summed E-state index contributed by atoms with van der Waals surface area (Å²) in [4.78, 5) is 11.7. The van der Waals surface area contributed by atoms with E-state index in [-0.39, 0.29) is 5.91 Å². The van der Waals surface area contributed by atoms with Gasteiger partial charge in [0.1, 0.15) is 0 Å². The van der Waals surface area contributed by atoms with Crippen molar-refractivity contribution in [3.8, 4) is 0 Å². The van der Waals surface area contributed by atoms with Crippen molar-refractivity contribution >= 4 is 16.7 Å². The predicted molar refractivity (Wildman–Crippen MR) is 61.4 cm³/mol. The van der Waals surface area contributed by atoms with Crippen LogP contribution in [0.25, 0.3) is 10.8 Å². The van der Waals surface area contributed by atoms with Crippen molar-refractivity contribution in [2.75, 3.05) is 0 Å². The molecule has 0 unspecified atom stereocenters. The van der Waals surface area contributed by atoms with E-state index >= 15 is 0 Å². The van der Waals surface area contributed by atoms with Gasteiger partial charge in [-0.3, -0.25) is 4.79 Å². The van der Waals surface area contributed by atoms with Crippen LogP contribution in [-0.4, -0.2) is 5.91 Å². The second-order valence-electron chi connectivity index (χ2n) is 3.29. The summed E-state index contributed by atoms with van der Waals surface area (Å²) >= 11 is 0. The third-order valence-electron chi connectivity index (χ3n) is 2.31. The summed E-state index contributed by atoms with van der Waals surface area (Å²) in [6.45, 7) is 3.44. The second kappa shape index (κ2) is 4.13. The summed E-state index contributed by atoms with van der Waals surface area (Å²) in [5, 5.41) is 4.76. The number of amides is 1. The summed E-state index contributed by atoms with van der Waals surface area (Å²) in [5.41, 5.74) is 0.714. The maximum absolute atomic E-state index is 11.7. The van der Waals surface area contributed by atoms with Crippen molar-refractivity contribution in [3.63, 3.8) is 0 Å². The van der Waals surface area contributed by atoms with Crippen LogP contribution in [0.15, 0.2) is 42.5 Å². The van der Waals surface area contributed by atoms with Crippen molar-refractivity contribution in [2.45, 2.75) is 6.92 Å². The highest BCUT2D eigenvalue weighted by Crippen LogP contribution is 2.18. The average Bonchev–Trinajstić information content (AvgIpc) is 2.28. The Labute approximate surface area is 88.9 Å². The standard InChI is InChI=1S/C13H12NO/c1-2-14-13(15)12-9-5-7-10-6-3-4-8-11(10)12/h2-9H,1H3,(H,14,15). The van der Waals surface area contributed by atoms with Gasteiger partial charge in [0.25, 0.3) is 5.91 Å². The molecule has 2 aromatic rings. The van der Waals surface area contributed by atoms with Gasteiger partial charge in [0.2, 0.25) is 0 Å². The molecule has 0 heterocycles. The van der Waals surface area contributed by atoms with Crippen LogP contribution < -0.4 is 5.32 Å². The van der Waals surface area contributed by atoms with E-state index in [4.69, 9.17) is 0 Å². The van der Waals surface area contributed by atoms with Crippen LogP contribution in [0.5, 0.6) is 0 Å². The van der Waals surface area contributed by atoms with E-state index in [2.05, 4.69) is 5.32 Å². The zero-order chi connectivity index (χ0) is 10.7. The molecule has 1 radical (unpaired) electrons. The molecular formula is C13H12NO. The first kappa shape index (κ1) is 9.71. The minimum absolute atomic E-state index is 0.0608. The van der Waals surface area contributed by atoms with E-state index in [9.17, 15) is 4.79 Å². The van der Waals surface area contributed by atoms with Crippen LogP contribution in [0.1, 0.15) is 17.3 Å². The fourth-order valence-electron chi connectivity index (χ4n) is 1.63. The normalized spacial score (nSPS) is 10.2. The number of carbonyl (C=O) groups is 1. The lowest BCUT2D eigenvalue weighted by Crippen LogP contribution is -2.19. The molecule has 0 fully saturated rings. The molecule has 0 aliphatic heterocycles. The Bertz CT molecular complexity index is 485. The molecule has 2 nitrogen and oxygen atoms in total. The first-order valence-electron chi connectivity index (χ1n) is 4.89. The van der Waals surface area contributed by atoms with Gasteiger partial charge in [0.05, 0.1) is 0 Å². The Morgan fingerprint density at radius 2 is 1.87 bits per heavy atom. The lowest BCUT2D eigenvalue weighted by molar-refractivity contribution is 0.0966. The van der Waals surface area contributed by atoms with Gasteiger partial charge >= 0.3 is 0 Å². The van der Waals surface area contributed by atoms with Crippen molar-refractivity contribution < 1.29 is 4.79 Å². The summed E-state index contributed by atoms with van der Waals surface area (Å²) < 4.78 is 0. The fourth-order valence-corrected chi connectivity index (χ4v) is 1.63. The van der Waals surface area contributed by atoms with Crippen LogP contribution in [0.3, 0.4) is 0 Å². The summed E-state index contributed by atoms with van der Waals surface area (Å²) in [6, 6.07) is 13.6. The SMILES string of the molecule is C[CH]NC(=O)c1cccc2ccccc12. The van der Waals surface area contributed by atoms with E-state index in [0.717, 1.165) is 10.8 Å². The zero-order valence-corrected chi connectivity index (χ0v) is 8.53. The number of carbonyl (C=O) groups excluding carboxylic acids is 1. The van der Waals surface area contributed by atoms with E-state index in [1.54, 1.807) is 13.5 Å². The molecule has 0 atom stereocenters. The molecule has 0 aromatic heterocycles. The Balaban J connectivity index is 2.56. The Kier molecular flexibility index (Phi) is 2.68. The van der Waals surface area contributed by atoms with Gasteiger partial charge in [-0.1, -0.05) is 36.4 Å². The molecule has 2 aromatic carbocycles. The minimum Gasteiger partial charge on any atom is -0.348 e. The minimum atomic E-state index is -0.0608. The molecule has 2 rings (SSSR count). The molecule has 1 N–H and O–H groups in total. The molecule has 0 bridgehead atoms. The van der Waals surface area contributed by atoms with Gasteiger partial charge < -0.3 is 5.32 Å². The Morgan fingerprint density at radius 1 is 1.13 bits per heavy atom. The second-order valence-corrected chi connectivity index (χ2v) is 3.29. The van der Waals surface area contributed by atoms with Crippen molar-refractivity contribution in [1.82, 2.24) is 5.32 Å². The fraction of sp³-hybridized carbons (Fsp3) is 0.0769. The molecule has 0 saturated heterocycles. The molecule has 0 saturated carbocycles. The topological polar surface area (TPSA) is 29.1 Å². The smallest absolute Gasteiger partial charge is 0.252 e. The summed E-state index contributed by atoms with van der Waals surface area (Å²) in [6.07, 6.45) is 0. The van der Waals surface area contributed by atoms with E-state index in [1.807, 2.05) is 42.5 Å². The molecule has 0 aliphatic carbocycles. The molecular weight excluding hydrogens is 186 g/mol. The highest BCUT2D eigenvalue weighted by molar-refractivity contribution is 6.07.